The number of ketones is 1. The summed E-state index contributed by atoms with van der Waals surface area (Å²) < 4.78 is 41.9. The fourth-order valence-electron chi connectivity index (χ4n) is 7.75. The number of esters is 1. The average Bonchev–Trinajstić information content (AvgIpc) is 3.12. The van der Waals surface area contributed by atoms with E-state index >= 15 is 0 Å². The van der Waals surface area contributed by atoms with Crippen molar-refractivity contribution >= 4 is 18.0 Å². The van der Waals surface area contributed by atoms with Gasteiger partial charge in [0.05, 0.1) is 49.6 Å². The number of aldehydes is 1. The minimum absolute atomic E-state index is 0.00614. The predicted molar refractivity (Wildman–Crippen MR) is 196 cm³/mol. The van der Waals surface area contributed by atoms with Crippen molar-refractivity contribution in [1.29, 1.82) is 0 Å². The van der Waals surface area contributed by atoms with E-state index in [1.165, 1.54) is 20.3 Å². The molecule has 3 heterocycles. The Kier molecular flexibility index (Phi) is 18.3. The maximum absolute atomic E-state index is 13.5. The molecule has 3 aliphatic rings. The first kappa shape index (κ1) is 46.2. The van der Waals surface area contributed by atoms with Crippen molar-refractivity contribution in [2.24, 2.45) is 17.8 Å². The Morgan fingerprint density at radius 2 is 1.54 bits per heavy atom. The van der Waals surface area contributed by atoms with Crippen LogP contribution in [-0.2, 0) is 47.5 Å². The molecule has 15 heteroatoms. The molecule has 0 amide bonds. The Hall–Kier alpha value is -2.15. The smallest absolute Gasteiger partial charge is 0.308 e. The molecular formula is C39H65NO14. The van der Waals surface area contributed by atoms with Crippen LogP contribution in [0.1, 0.15) is 67.2 Å². The molecule has 0 radical (unpaired) electrons. The summed E-state index contributed by atoms with van der Waals surface area (Å²) in [5, 5.41) is 44.2. The fourth-order valence-corrected chi connectivity index (χ4v) is 7.75. The predicted octanol–water partition coefficient (Wildman–Crippen LogP) is 1.36. The molecule has 17 atom stereocenters. The van der Waals surface area contributed by atoms with Gasteiger partial charge in [-0.25, -0.2) is 0 Å². The van der Waals surface area contributed by atoms with Crippen molar-refractivity contribution in [1.82, 2.24) is 4.90 Å². The molecule has 0 saturated carbocycles. The third-order valence-corrected chi connectivity index (χ3v) is 11.1. The highest BCUT2D eigenvalue weighted by molar-refractivity contribution is 5.91. The van der Waals surface area contributed by atoms with Gasteiger partial charge >= 0.3 is 5.97 Å². The molecular weight excluding hydrogens is 706 g/mol. The largest absolute Gasteiger partial charge is 0.459 e. The number of methoxy groups -OCH3 is 2. The van der Waals surface area contributed by atoms with Crippen LogP contribution in [0.3, 0.4) is 0 Å². The van der Waals surface area contributed by atoms with E-state index < -0.39 is 116 Å². The van der Waals surface area contributed by atoms with Gasteiger partial charge in [-0.3, -0.25) is 9.59 Å². The second-order valence-corrected chi connectivity index (χ2v) is 15.3. The maximum Gasteiger partial charge on any atom is 0.308 e. The summed E-state index contributed by atoms with van der Waals surface area (Å²) in [7, 11) is 6.40. The van der Waals surface area contributed by atoms with Gasteiger partial charge in [0, 0.05) is 32.5 Å². The molecule has 3 rings (SSSR count). The lowest BCUT2D eigenvalue weighted by atomic mass is 9.79. The Labute approximate surface area is 319 Å². The lowest BCUT2D eigenvalue weighted by Crippen LogP contribution is -2.63. The van der Waals surface area contributed by atoms with Crippen LogP contribution >= 0.6 is 0 Å². The lowest BCUT2D eigenvalue weighted by Gasteiger charge is -2.46. The van der Waals surface area contributed by atoms with Gasteiger partial charge in [0.15, 0.2) is 12.1 Å². The number of carbonyl (C=O) groups excluding carboxylic acids is 3. The fraction of sp³-hybridized carbons (Fsp3) is 0.821. The van der Waals surface area contributed by atoms with Crippen molar-refractivity contribution in [3.05, 3.63) is 23.8 Å². The first-order valence-corrected chi connectivity index (χ1v) is 19.0. The van der Waals surface area contributed by atoms with Crippen LogP contribution in [0.5, 0.6) is 0 Å². The van der Waals surface area contributed by atoms with Gasteiger partial charge < -0.3 is 63.3 Å². The highest BCUT2D eigenvalue weighted by atomic mass is 16.7. The SMILES string of the molecule is CCC1OC(=O)CC(O)C(C)C(OC2OC(C)C(O)C(N(C)C)C2O)C(CC=O)CC(C)C(=O)/C=C\C(C)=C/C1OCC1OC(C)C(O)C(OC)C1OC. The highest BCUT2D eigenvalue weighted by Crippen LogP contribution is 2.34. The molecule has 3 aliphatic heterocycles. The van der Waals surface area contributed by atoms with E-state index in [9.17, 15) is 34.8 Å². The van der Waals surface area contributed by atoms with Crippen molar-refractivity contribution in [2.45, 2.75) is 153 Å². The van der Waals surface area contributed by atoms with Gasteiger partial charge in [-0.1, -0.05) is 32.4 Å². The van der Waals surface area contributed by atoms with Gasteiger partial charge in [0.25, 0.3) is 0 Å². The molecule has 0 bridgehead atoms. The van der Waals surface area contributed by atoms with Crippen LogP contribution in [0, 0.1) is 17.8 Å². The molecule has 15 nitrogen and oxygen atoms in total. The summed E-state index contributed by atoms with van der Waals surface area (Å²) in [4.78, 5) is 40.7. The lowest BCUT2D eigenvalue weighted by molar-refractivity contribution is -0.304. The molecule has 0 aromatic heterocycles. The van der Waals surface area contributed by atoms with E-state index in [1.807, 2.05) is 6.92 Å². The number of ether oxygens (including phenoxy) is 7. The van der Waals surface area contributed by atoms with Gasteiger partial charge in [0.2, 0.25) is 0 Å². The number of aliphatic hydroxyl groups excluding tert-OH is 4. The first-order chi connectivity index (χ1) is 25.5. The molecule has 310 valence electrons. The van der Waals surface area contributed by atoms with Gasteiger partial charge in [-0.05, 0) is 65.8 Å². The molecule has 0 aromatic carbocycles. The molecule has 4 N–H and O–H groups in total. The number of likely N-dealkylation sites (N-methyl/N-ethyl adjacent to an activating group) is 1. The third-order valence-electron chi connectivity index (χ3n) is 11.1. The van der Waals surface area contributed by atoms with Crippen molar-refractivity contribution < 1.29 is 68.0 Å². The number of cyclic esters (lactones) is 1. The standard InChI is InChI=1S/C39H65NO14/c1-11-28-29(50-19-30-37(48-9)38(49-10)34(46)24(6)51-30)16-20(2)12-13-26(42)21(3)17-25(14-15-41)36(22(4)27(43)18-31(44)53-28)54-39-35(47)32(40(7)8)33(45)23(5)52-39/h12-13,15-16,21-25,27-30,32-39,43,45-47H,11,14,17-19H2,1-10H3/b13-12-,20-16-. The minimum atomic E-state index is -1.32. The number of carbonyl (C=O) groups is 3. The molecule has 17 unspecified atom stereocenters. The number of allylic oxidation sites excluding steroid dienone is 3. The van der Waals surface area contributed by atoms with Crippen molar-refractivity contribution in [3.63, 3.8) is 0 Å². The number of hydrogen-bond acceptors (Lipinski definition) is 15. The van der Waals surface area contributed by atoms with E-state index in [2.05, 4.69) is 0 Å². The van der Waals surface area contributed by atoms with E-state index in [4.69, 9.17) is 33.2 Å². The molecule has 2 fully saturated rings. The zero-order valence-electron chi connectivity index (χ0n) is 33.5. The molecule has 0 spiro atoms. The summed E-state index contributed by atoms with van der Waals surface area (Å²) in [6, 6.07) is -0.741. The Morgan fingerprint density at radius 1 is 0.889 bits per heavy atom. The summed E-state index contributed by atoms with van der Waals surface area (Å²) in [5.41, 5.74) is 0.656. The van der Waals surface area contributed by atoms with Gasteiger partial charge in [-0.2, -0.15) is 0 Å². The van der Waals surface area contributed by atoms with E-state index in [0.29, 0.717) is 12.0 Å². The second-order valence-electron chi connectivity index (χ2n) is 15.3. The summed E-state index contributed by atoms with van der Waals surface area (Å²) in [6.07, 6.45) is -6.00. The molecule has 0 aromatic rings. The number of aliphatic hydroxyl groups is 4. The Balaban J connectivity index is 1.96. The normalized spacial score (nSPS) is 43.6. The van der Waals surface area contributed by atoms with Gasteiger partial charge in [0.1, 0.15) is 49.0 Å². The van der Waals surface area contributed by atoms with Crippen LogP contribution in [0.15, 0.2) is 23.8 Å². The highest BCUT2D eigenvalue weighted by Gasteiger charge is 2.48. The number of hydrogen-bond donors (Lipinski definition) is 4. The van der Waals surface area contributed by atoms with Crippen molar-refractivity contribution in [2.75, 3.05) is 34.9 Å². The van der Waals surface area contributed by atoms with Crippen molar-refractivity contribution in [3.8, 4) is 0 Å². The minimum Gasteiger partial charge on any atom is -0.459 e. The maximum atomic E-state index is 13.5. The van der Waals surface area contributed by atoms with E-state index in [0.717, 1.165) is 6.29 Å². The summed E-state index contributed by atoms with van der Waals surface area (Å²) >= 11 is 0. The summed E-state index contributed by atoms with van der Waals surface area (Å²) in [5.74, 6) is -2.90. The molecule has 54 heavy (non-hydrogen) atoms. The zero-order valence-corrected chi connectivity index (χ0v) is 33.5. The van der Waals surface area contributed by atoms with Crippen LogP contribution in [0.4, 0.5) is 0 Å². The molecule has 0 aliphatic carbocycles. The van der Waals surface area contributed by atoms with Crippen LogP contribution in [0.2, 0.25) is 0 Å². The average molecular weight is 772 g/mol. The number of rotatable bonds is 11. The molecule has 2 saturated heterocycles. The zero-order chi connectivity index (χ0) is 40.4. The monoisotopic (exact) mass is 771 g/mol. The van der Waals surface area contributed by atoms with E-state index in [1.54, 1.807) is 65.8 Å². The van der Waals surface area contributed by atoms with E-state index in [-0.39, 0.29) is 25.2 Å². The van der Waals surface area contributed by atoms with Crippen LogP contribution < -0.4 is 0 Å². The Morgan fingerprint density at radius 3 is 2.13 bits per heavy atom. The Bertz CT molecular complexity index is 1260. The number of nitrogens with zero attached hydrogens (tertiary/aromatic N) is 1. The quantitative estimate of drug-likeness (QED) is 0.173. The summed E-state index contributed by atoms with van der Waals surface area (Å²) in [6.45, 7) is 10.4. The van der Waals surface area contributed by atoms with Crippen LogP contribution in [-0.4, -0.2) is 164 Å². The third kappa shape index (κ3) is 11.7. The van der Waals surface area contributed by atoms with Crippen LogP contribution in [0.25, 0.3) is 0 Å². The topological polar surface area (TPSA) is 200 Å². The first-order valence-electron chi connectivity index (χ1n) is 19.0. The van der Waals surface area contributed by atoms with Gasteiger partial charge in [-0.15, -0.1) is 0 Å². The second kappa shape index (κ2) is 21.4.